The predicted molar refractivity (Wildman–Crippen MR) is 49.2 cm³/mol. The normalized spacial score (nSPS) is 34.2. The highest BCUT2D eigenvalue weighted by molar-refractivity contribution is 5.79. The van der Waals surface area contributed by atoms with Crippen molar-refractivity contribution in [2.75, 3.05) is 6.61 Å². The van der Waals surface area contributed by atoms with Gasteiger partial charge in [0, 0.05) is 0 Å². The van der Waals surface area contributed by atoms with Gasteiger partial charge in [-0.05, 0) is 32.1 Å². The smallest absolute Gasteiger partial charge is 0.338 e. The van der Waals surface area contributed by atoms with E-state index < -0.39 is 11.6 Å². The van der Waals surface area contributed by atoms with Gasteiger partial charge in [0.05, 0.1) is 6.61 Å². The number of carbonyl (C=O) groups is 1. The molecule has 3 heteroatoms. The Morgan fingerprint density at radius 1 is 1.69 bits per heavy atom. The minimum absolute atomic E-state index is 0.343. The molecule has 2 unspecified atom stereocenters. The summed E-state index contributed by atoms with van der Waals surface area (Å²) in [6.07, 6.45) is 3.11. The van der Waals surface area contributed by atoms with Gasteiger partial charge in [-0.2, -0.15) is 0 Å². The zero-order valence-electron chi connectivity index (χ0n) is 8.38. The van der Waals surface area contributed by atoms with E-state index >= 15 is 0 Å². The van der Waals surface area contributed by atoms with Gasteiger partial charge in [0.1, 0.15) is 0 Å². The van der Waals surface area contributed by atoms with Gasteiger partial charge >= 0.3 is 5.97 Å². The van der Waals surface area contributed by atoms with Crippen molar-refractivity contribution in [1.82, 2.24) is 0 Å². The molecule has 1 aliphatic carbocycles. The third-order valence-electron chi connectivity index (χ3n) is 2.63. The van der Waals surface area contributed by atoms with Gasteiger partial charge in [-0.3, -0.25) is 0 Å². The van der Waals surface area contributed by atoms with E-state index in [0.717, 1.165) is 12.8 Å². The lowest BCUT2D eigenvalue weighted by Crippen LogP contribution is -2.43. The van der Waals surface area contributed by atoms with Gasteiger partial charge in [0.15, 0.2) is 5.60 Å². The highest BCUT2D eigenvalue weighted by atomic mass is 16.5. The molecule has 0 aromatic rings. The number of aliphatic hydroxyl groups is 1. The summed E-state index contributed by atoms with van der Waals surface area (Å²) in [5.74, 6) is -0.0234. The lowest BCUT2D eigenvalue weighted by Gasteiger charge is -2.33. The van der Waals surface area contributed by atoms with Crippen molar-refractivity contribution in [1.29, 1.82) is 0 Å². The quantitative estimate of drug-likeness (QED) is 0.665. The van der Waals surface area contributed by atoms with Crippen LogP contribution in [0.15, 0.2) is 0 Å². The number of carbonyl (C=O) groups excluding carboxylic acids is 1. The number of rotatable bonds is 2. The van der Waals surface area contributed by atoms with Crippen LogP contribution in [0.5, 0.6) is 0 Å². The predicted octanol–water partition coefficient (Wildman–Crippen LogP) is 1.49. The molecule has 0 amide bonds. The van der Waals surface area contributed by atoms with Crippen molar-refractivity contribution in [2.45, 2.75) is 45.1 Å². The van der Waals surface area contributed by atoms with E-state index in [1.54, 1.807) is 6.92 Å². The Bertz CT molecular complexity index is 191. The molecular weight excluding hydrogens is 168 g/mol. The topological polar surface area (TPSA) is 46.5 Å². The fourth-order valence-corrected chi connectivity index (χ4v) is 1.97. The van der Waals surface area contributed by atoms with Gasteiger partial charge < -0.3 is 9.84 Å². The number of esters is 1. The summed E-state index contributed by atoms with van der Waals surface area (Å²) in [6, 6.07) is 0. The zero-order chi connectivity index (χ0) is 9.90. The molecule has 0 spiro atoms. The molecule has 76 valence electrons. The Kier molecular flexibility index (Phi) is 3.31. The Morgan fingerprint density at radius 3 is 2.92 bits per heavy atom. The first kappa shape index (κ1) is 10.5. The SMILES string of the molecule is CCOC(=O)C1(O)CCCC(C)C1. The van der Waals surface area contributed by atoms with Crippen molar-refractivity contribution < 1.29 is 14.6 Å². The lowest BCUT2D eigenvalue weighted by molar-refractivity contribution is -0.170. The maximum atomic E-state index is 11.4. The Balaban J connectivity index is 2.57. The maximum Gasteiger partial charge on any atom is 0.338 e. The first-order chi connectivity index (χ1) is 6.08. The Hall–Kier alpha value is -0.570. The second-order valence-electron chi connectivity index (χ2n) is 3.95. The molecule has 0 heterocycles. The summed E-state index contributed by atoms with van der Waals surface area (Å²) in [5, 5.41) is 9.97. The van der Waals surface area contributed by atoms with Crippen LogP contribution in [-0.2, 0) is 9.53 Å². The minimum atomic E-state index is -1.20. The highest BCUT2D eigenvalue weighted by Crippen LogP contribution is 2.32. The second-order valence-corrected chi connectivity index (χ2v) is 3.95. The second kappa shape index (κ2) is 4.09. The average molecular weight is 186 g/mol. The van der Waals surface area contributed by atoms with Crippen LogP contribution >= 0.6 is 0 Å². The third-order valence-corrected chi connectivity index (χ3v) is 2.63. The molecule has 0 bridgehead atoms. The van der Waals surface area contributed by atoms with Gasteiger partial charge in [0.25, 0.3) is 0 Å². The standard InChI is InChI=1S/C10H18O3/c1-3-13-9(11)10(12)6-4-5-8(2)7-10/h8,12H,3-7H2,1-2H3. The molecule has 1 N–H and O–H groups in total. The summed E-state index contributed by atoms with van der Waals surface area (Å²) in [5.41, 5.74) is -1.20. The van der Waals surface area contributed by atoms with E-state index in [0.29, 0.717) is 25.4 Å². The Labute approximate surface area is 79.1 Å². The third kappa shape index (κ3) is 2.44. The zero-order valence-corrected chi connectivity index (χ0v) is 8.38. The van der Waals surface area contributed by atoms with Crippen LogP contribution in [0.1, 0.15) is 39.5 Å². The molecule has 0 aromatic carbocycles. The fourth-order valence-electron chi connectivity index (χ4n) is 1.97. The first-order valence-corrected chi connectivity index (χ1v) is 4.98. The number of ether oxygens (including phenoxy) is 1. The molecule has 0 aromatic heterocycles. The van der Waals surface area contributed by atoms with E-state index in [9.17, 15) is 9.90 Å². The van der Waals surface area contributed by atoms with Crippen LogP contribution in [0, 0.1) is 5.92 Å². The van der Waals surface area contributed by atoms with Crippen LogP contribution in [0.4, 0.5) is 0 Å². The van der Waals surface area contributed by atoms with Crippen molar-refractivity contribution >= 4 is 5.97 Å². The molecular formula is C10H18O3. The molecule has 1 aliphatic rings. The van der Waals surface area contributed by atoms with Gasteiger partial charge in [-0.25, -0.2) is 4.79 Å². The van der Waals surface area contributed by atoms with E-state index in [-0.39, 0.29) is 0 Å². The number of hydrogen-bond acceptors (Lipinski definition) is 3. The van der Waals surface area contributed by atoms with E-state index in [2.05, 4.69) is 6.92 Å². The summed E-state index contributed by atoms with van der Waals surface area (Å²) in [4.78, 5) is 11.4. The largest absolute Gasteiger partial charge is 0.464 e. The van der Waals surface area contributed by atoms with Crippen molar-refractivity contribution in [3.05, 3.63) is 0 Å². The van der Waals surface area contributed by atoms with Crippen molar-refractivity contribution in [3.63, 3.8) is 0 Å². The summed E-state index contributed by atoms with van der Waals surface area (Å²) < 4.78 is 4.84. The fraction of sp³-hybridized carbons (Fsp3) is 0.900. The van der Waals surface area contributed by atoms with E-state index in [1.165, 1.54) is 0 Å². The Morgan fingerprint density at radius 2 is 2.38 bits per heavy atom. The molecule has 1 rings (SSSR count). The molecule has 1 saturated carbocycles. The maximum absolute atomic E-state index is 11.4. The van der Waals surface area contributed by atoms with Gasteiger partial charge in [0.2, 0.25) is 0 Å². The van der Waals surface area contributed by atoms with Crippen LogP contribution in [0.3, 0.4) is 0 Å². The summed E-state index contributed by atoms with van der Waals surface area (Å²) >= 11 is 0. The molecule has 0 saturated heterocycles. The van der Waals surface area contributed by atoms with Crippen LogP contribution in [0.25, 0.3) is 0 Å². The van der Waals surface area contributed by atoms with Crippen LogP contribution in [0.2, 0.25) is 0 Å². The van der Waals surface area contributed by atoms with Crippen molar-refractivity contribution in [3.8, 4) is 0 Å². The summed E-state index contributed by atoms with van der Waals surface area (Å²) in [7, 11) is 0. The van der Waals surface area contributed by atoms with Crippen LogP contribution in [-0.4, -0.2) is 23.3 Å². The molecule has 1 fully saturated rings. The molecule has 13 heavy (non-hydrogen) atoms. The van der Waals surface area contributed by atoms with Crippen molar-refractivity contribution in [2.24, 2.45) is 5.92 Å². The number of hydrogen-bond donors (Lipinski definition) is 1. The molecule has 3 nitrogen and oxygen atoms in total. The average Bonchev–Trinajstić information content (AvgIpc) is 2.04. The first-order valence-electron chi connectivity index (χ1n) is 4.98. The molecule has 2 atom stereocenters. The van der Waals surface area contributed by atoms with E-state index in [4.69, 9.17) is 4.74 Å². The summed E-state index contributed by atoms with van der Waals surface area (Å²) in [6.45, 7) is 4.16. The van der Waals surface area contributed by atoms with Gasteiger partial charge in [-0.15, -0.1) is 0 Å². The molecule has 0 aliphatic heterocycles. The lowest BCUT2D eigenvalue weighted by atomic mass is 9.79. The molecule has 0 radical (unpaired) electrons. The van der Waals surface area contributed by atoms with E-state index in [1.807, 2.05) is 0 Å². The minimum Gasteiger partial charge on any atom is -0.464 e. The monoisotopic (exact) mass is 186 g/mol. The van der Waals surface area contributed by atoms with Gasteiger partial charge in [-0.1, -0.05) is 13.3 Å². The highest BCUT2D eigenvalue weighted by Gasteiger charge is 2.40. The van der Waals surface area contributed by atoms with Crippen LogP contribution < -0.4 is 0 Å².